The van der Waals surface area contributed by atoms with Gasteiger partial charge in [0.25, 0.3) is 0 Å². The number of hydrogen-bond acceptors (Lipinski definition) is 6. The minimum atomic E-state index is -1.15. The molecule has 0 unspecified atom stereocenters. The summed E-state index contributed by atoms with van der Waals surface area (Å²) in [6, 6.07) is 0. The first-order chi connectivity index (χ1) is 13.2. The molecule has 0 spiro atoms. The predicted molar refractivity (Wildman–Crippen MR) is 110 cm³/mol. The average molecular weight is 403 g/mol. The maximum atomic E-state index is 11.9. The fourth-order valence-electron chi connectivity index (χ4n) is 2.71. The summed E-state index contributed by atoms with van der Waals surface area (Å²) < 4.78 is 10.4. The number of rotatable bonds is 17. The summed E-state index contributed by atoms with van der Waals surface area (Å²) in [6.07, 6.45) is 7.41. The van der Waals surface area contributed by atoms with Gasteiger partial charge in [0.2, 0.25) is 0 Å². The molecule has 6 nitrogen and oxygen atoms in total. The van der Waals surface area contributed by atoms with Gasteiger partial charge in [0.15, 0.2) is 0 Å². The molecule has 0 heterocycles. The van der Waals surface area contributed by atoms with Crippen LogP contribution in [0.4, 0.5) is 0 Å². The number of ether oxygens (including phenoxy) is 2. The van der Waals surface area contributed by atoms with Gasteiger partial charge in [-0.3, -0.25) is 9.59 Å². The topological polar surface area (TPSA) is 93.1 Å². The zero-order valence-electron chi connectivity index (χ0n) is 18.4. The first-order valence-electron chi connectivity index (χ1n) is 10.8. The molecule has 0 saturated carbocycles. The molecule has 0 aromatic heterocycles. The van der Waals surface area contributed by atoms with Gasteiger partial charge in [-0.05, 0) is 24.7 Å². The second kappa shape index (κ2) is 15.7. The molecule has 166 valence electrons. The fraction of sp³-hybridized carbons (Fsp3) is 0.909. The highest BCUT2D eigenvalue weighted by atomic mass is 16.5. The molecule has 28 heavy (non-hydrogen) atoms. The van der Waals surface area contributed by atoms with Crippen LogP contribution in [0.15, 0.2) is 0 Å². The van der Waals surface area contributed by atoms with Crippen LogP contribution in [-0.2, 0) is 19.1 Å². The molecule has 0 rings (SSSR count). The Kier molecular flexibility index (Phi) is 15.1. The van der Waals surface area contributed by atoms with E-state index < -0.39 is 18.6 Å². The lowest BCUT2D eigenvalue weighted by Gasteiger charge is -2.28. The van der Waals surface area contributed by atoms with Crippen LogP contribution in [0.5, 0.6) is 0 Å². The van der Waals surface area contributed by atoms with E-state index in [2.05, 4.69) is 27.7 Å². The van der Waals surface area contributed by atoms with Gasteiger partial charge in [0, 0.05) is 12.8 Å². The van der Waals surface area contributed by atoms with E-state index in [9.17, 15) is 19.8 Å². The van der Waals surface area contributed by atoms with Crippen LogP contribution in [0.1, 0.15) is 85.5 Å². The molecule has 0 aliphatic carbocycles. The minimum Gasteiger partial charge on any atom is -0.465 e. The van der Waals surface area contributed by atoms with Crippen LogP contribution in [0.2, 0.25) is 0 Å². The minimum absolute atomic E-state index is 0.161. The Bertz CT molecular complexity index is 415. The molecular formula is C22H42O6. The van der Waals surface area contributed by atoms with Crippen molar-refractivity contribution in [2.24, 2.45) is 17.3 Å². The molecule has 6 heteroatoms. The molecular weight excluding hydrogens is 360 g/mol. The first kappa shape index (κ1) is 26.9. The normalized spacial score (nSPS) is 11.9. The highest BCUT2D eigenvalue weighted by Gasteiger charge is 2.32. The van der Waals surface area contributed by atoms with Gasteiger partial charge in [0.05, 0.1) is 18.6 Å². The maximum absolute atomic E-state index is 11.9. The van der Waals surface area contributed by atoms with E-state index in [1.54, 1.807) is 0 Å². The second-order valence-corrected chi connectivity index (χ2v) is 8.77. The van der Waals surface area contributed by atoms with Crippen LogP contribution < -0.4 is 0 Å². The highest BCUT2D eigenvalue weighted by Crippen LogP contribution is 2.19. The monoisotopic (exact) mass is 402 g/mol. The van der Waals surface area contributed by atoms with Gasteiger partial charge < -0.3 is 19.7 Å². The third-order valence-electron chi connectivity index (χ3n) is 4.82. The molecule has 0 aromatic carbocycles. The van der Waals surface area contributed by atoms with E-state index in [4.69, 9.17) is 9.47 Å². The molecule has 0 bridgehead atoms. The summed E-state index contributed by atoms with van der Waals surface area (Å²) in [7, 11) is 0. The number of carbonyl (C=O) groups is 2. The van der Waals surface area contributed by atoms with E-state index in [-0.39, 0.29) is 25.2 Å². The van der Waals surface area contributed by atoms with Crippen LogP contribution in [-0.4, -0.2) is 48.6 Å². The van der Waals surface area contributed by atoms with Crippen LogP contribution in [0.3, 0.4) is 0 Å². The van der Waals surface area contributed by atoms with Crippen molar-refractivity contribution in [3.63, 3.8) is 0 Å². The van der Waals surface area contributed by atoms with Crippen LogP contribution in [0, 0.1) is 17.3 Å². The van der Waals surface area contributed by atoms with Crippen molar-refractivity contribution in [1.29, 1.82) is 0 Å². The number of carbonyl (C=O) groups excluding carboxylic acids is 2. The average Bonchev–Trinajstić information content (AvgIpc) is 2.65. The van der Waals surface area contributed by atoms with Gasteiger partial charge in [0.1, 0.15) is 13.2 Å². The summed E-state index contributed by atoms with van der Waals surface area (Å²) in [4.78, 5) is 23.8. The summed E-state index contributed by atoms with van der Waals surface area (Å²) in [5.74, 6) is 0.569. The summed E-state index contributed by atoms with van der Waals surface area (Å²) in [5, 5.41) is 19.3. The van der Waals surface area contributed by atoms with Crippen molar-refractivity contribution < 1.29 is 29.3 Å². The number of aliphatic hydroxyl groups excluding tert-OH is 2. The Labute approximate surface area is 171 Å². The largest absolute Gasteiger partial charge is 0.465 e. The molecule has 0 saturated heterocycles. The highest BCUT2D eigenvalue weighted by molar-refractivity contribution is 5.69. The third kappa shape index (κ3) is 13.9. The lowest BCUT2D eigenvalue weighted by molar-refractivity contribution is -0.159. The Balaban J connectivity index is 4.15. The van der Waals surface area contributed by atoms with Crippen molar-refractivity contribution in [3.8, 4) is 0 Å². The number of esters is 2. The molecule has 0 radical (unpaired) electrons. The molecule has 0 amide bonds. The Hall–Kier alpha value is -1.14. The Morgan fingerprint density at radius 3 is 1.50 bits per heavy atom. The quantitative estimate of drug-likeness (QED) is 0.283. The maximum Gasteiger partial charge on any atom is 0.305 e. The first-order valence-corrected chi connectivity index (χ1v) is 10.8. The molecule has 0 aliphatic heterocycles. The van der Waals surface area contributed by atoms with E-state index in [1.165, 1.54) is 0 Å². The van der Waals surface area contributed by atoms with Crippen molar-refractivity contribution in [2.75, 3.05) is 26.4 Å². The van der Waals surface area contributed by atoms with Crippen LogP contribution in [0.25, 0.3) is 0 Å². The SMILES string of the molecule is CC(C)CCCCCC(=O)OCC(CO)(CO)COC(=O)CCCCC(C)C. The lowest BCUT2D eigenvalue weighted by Crippen LogP contribution is -2.41. The van der Waals surface area contributed by atoms with E-state index in [1.807, 2.05) is 0 Å². The Morgan fingerprint density at radius 2 is 1.11 bits per heavy atom. The van der Waals surface area contributed by atoms with Crippen molar-refractivity contribution in [3.05, 3.63) is 0 Å². The summed E-state index contributed by atoms with van der Waals surface area (Å²) >= 11 is 0. The van der Waals surface area contributed by atoms with E-state index in [0.29, 0.717) is 24.7 Å². The van der Waals surface area contributed by atoms with Crippen molar-refractivity contribution in [2.45, 2.75) is 85.5 Å². The molecule has 0 aromatic rings. The van der Waals surface area contributed by atoms with E-state index >= 15 is 0 Å². The lowest BCUT2D eigenvalue weighted by atomic mass is 9.92. The molecule has 0 aliphatic rings. The zero-order chi connectivity index (χ0) is 21.4. The predicted octanol–water partition coefficient (Wildman–Crippen LogP) is 3.87. The van der Waals surface area contributed by atoms with Crippen LogP contribution >= 0.6 is 0 Å². The van der Waals surface area contributed by atoms with Crippen molar-refractivity contribution in [1.82, 2.24) is 0 Å². The Morgan fingerprint density at radius 1 is 0.714 bits per heavy atom. The van der Waals surface area contributed by atoms with Crippen molar-refractivity contribution >= 4 is 11.9 Å². The molecule has 0 fully saturated rings. The van der Waals surface area contributed by atoms with E-state index in [0.717, 1.165) is 44.9 Å². The third-order valence-corrected chi connectivity index (χ3v) is 4.82. The standard InChI is InChI=1S/C22H42O6/c1-18(2)10-6-5-7-12-20(25)27-16-22(14-23,15-24)17-28-21(26)13-9-8-11-19(3)4/h18-19,23-24H,5-17H2,1-4H3. The number of unbranched alkanes of at least 4 members (excludes halogenated alkanes) is 3. The van der Waals surface area contributed by atoms with Gasteiger partial charge in [-0.2, -0.15) is 0 Å². The summed E-state index contributed by atoms with van der Waals surface area (Å²) in [6.45, 7) is 7.46. The zero-order valence-corrected chi connectivity index (χ0v) is 18.4. The second-order valence-electron chi connectivity index (χ2n) is 8.77. The molecule has 0 atom stereocenters. The van der Waals surface area contributed by atoms with Gasteiger partial charge in [-0.25, -0.2) is 0 Å². The van der Waals surface area contributed by atoms with Gasteiger partial charge in [-0.1, -0.05) is 59.8 Å². The van der Waals surface area contributed by atoms with Gasteiger partial charge in [-0.15, -0.1) is 0 Å². The smallest absolute Gasteiger partial charge is 0.305 e. The molecule has 2 N–H and O–H groups in total. The summed E-state index contributed by atoms with van der Waals surface area (Å²) in [5.41, 5.74) is -1.15. The number of hydrogen-bond donors (Lipinski definition) is 2. The fourth-order valence-corrected chi connectivity index (χ4v) is 2.71. The number of aliphatic hydroxyl groups is 2. The van der Waals surface area contributed by atoms with Gasteiger partial charge >= 0.3 is 11.9 Å².